The van der Waals surface area contributed by atoms with Gasteiger partial charge in [0.25, 0.3) is 0 Å². The maximum Gasteiger partial charge on any atom is 0.234 e. The topological polar surface area (TPSA) is 59.8 Å². The van der Waals surface area contributed by atoms with Crippen LogP contribution < -0.4 is 5.32 Å². The molecule has 0 bridgehead atoms. The van der Waals surface area contributed by atoms with Crippen molar-refractivity contribution in [3.05, 3.63) is 59.1 Å². The zero-order chi connectivity index (χ0) is 19.4. The highest BCUT2D eigenvalue weighted by atomic mass is 35.5. The summed E-state index contributed by atoms with van der Waals surface area (Å²) in [5.74, 6) is 1.39. The lowest BCUT2D eigenvalue weighted by molar-refractivity contribution is -0.113. The lowest BCUT2D eigenvalue weighted by Crippen LogP contribution is -2.14. The Morgan fingerprint density at radius 3 is 2.41 bits per heavy atom. The Labute approximate surface area is 168 Å². The number of anilines is 1. The smallest absolute Gasteiger partial charge is 0.234 e. The monoisotopic (exact) mass is 400 g/mol. The number of halogens is 1. The molecule has 5 nitrogen and oxygen atoms in total. The van der Waals surface area contributed by atoms with Crippen LogP contribution >= 0.6 is 23.4 Å². The zero-order valence-corrected chi connectivity index (χ0v) is 17.0. The van der Waals surface area contributed by atoms with E-state index in [0.29, 0.717) is 16.1 Å². The SMILES string of the molecule is CC(C)c1ccc(NC(=O)CSc2nnc(-c3ccc(Cl)cc3)n2C)cc1. The van der Waals surface area contributed by atoms with E-state index in [4.69, 9.17) is 11.6 Å². The molecule has 0 unspecified atom stereocenters. The van der Waals surface area contributed by atoms with Crippen molar-refractivity contribution in [3.8, 4) is 11.4 Å². The van der Waals surface area contributed by atoms with E-state index in [1.807, 2.05) is 60.1 Å². The van der Waals surface area contributed by atoms with Crippen LogP contribution in [0.1, 0.15) is 25.3 Å². The lowest BCUT2D eigenvalue weighted by Gasteiger charge is -2.08. The molecule has 0 aliphatic carbocycles. The summed E-state index contributed by atoms with van der Waals surface area (Å²) >= 11 is 7.28. The molecule has 1 N–H and O–H groups in total. The van der Waals surface area contributed by atoms with Crippen molar-refractivity contribution in [2.45, 2.75) is 24.9 Å². The minimum absolute atomic E-state index is 0.0756. The van der Waals surface area contributed by atoms with Crippen LogP contribution in [0.5, 0.6) is 0 Å². The van der Waals surface area contributed by atoms with Crippen molar-refractivity contribution in [3.63, 3.8) is 0 Å². The second-order valence-corrected chi connectivity index (χ2v) is 7.86. The second-order valence-electron chi connectivity index (χ2n) is 6.49. The number of rotatable bonds is 6. The molecule has 140 valence electrons. The average Bonchev–Trinajstić information content (AvgIpc) is 3.02. The van der Waals surface area contributed by atoms with Crippen LogP contribution in [-0.4, -0.2) is 26.4 Å². The molecule has 0 spiro atoms. The maximum atomic E-state index is 12.2. The van der Waals surface area contributed by atoms with Gasteiger partial charge in [-0.25, -0.2) is 0 Å². The third-order valence-electron chi connectivity index (χ3n) is 4.13. The van der Waals surface area contributed by atoms with Crippen LogP contribution in [0.15, 0.2) is 53.7 Å². The highest BCUT2D eigenvalue weighted by Gasteiger charge is 2.13. The minimum Gasteiger partial charge on any atom is -0.325 e. The van der Waals surface area contributed by atoms with Crippen molar-refractivity contribution in [2.75, 3.05) is 11.1 Å². The molecule has 7 heteroatoms. The van der Waals surface area contributed by atoms with Gasteiger partial charge >= 0.3 is 0 Å². The molecular formula is C20H21ClN4OS. The normalized spacial score (nSPS) is 11.0. The fraction of sp³-hybridized carbons (Fsp3) is 0.250. The Bertz CT molecular complexity index is 920. The second kappa shape index (κ2) is 8.59. The molecule has 3 rings (SSSR count). The first-order valence-electron chi connectivity index (χ1n) is 8.62. The number of aromatic nitrogens is 3. The molecule has 3 aromatic rings. The molecule has 0 aliphatic rings. The number of amides is 1. The van der Waals surface area contributed by atoms with E-state index in [1.165, 1.54) is 17.3 Å². The van der Waals surface area contributed by atoms with E-state index in [1.54, 1.807) is 0 Å². The van der Waals surface area contributed by atoms with E-state index in [9.17, 15) is 4.79 Å². The standard InChI is InChI=1S/C20H21ClN4OS/c1-13(2)14-6-10-17(11-7-14)22-18(26)12-27-20-24-23-19(25(20)3)15-4-8-16(21)9-5-15/h4-11,13H,12H2,1-3H3,(H,22,26). The van der Waals surface area contributed by atoms with Gasteiger partial charge in [-0.1, -0.05) is 49.3 Å². The number of hydrogen-bond acceptors (Lipinski definition) is 4. The highest BCUT2D eigenvalue weighted by Crippen LogP contribution is 2.24. The molecule has 1 aromatic heterocycles. The molecule has 0 saturated heterocycles. The van der Waals surface area contributed by atoms with Crippen molar-refractivity contribution in [1.82, 2.24) is 14.8 Å². The number of nitrogens with one attached hydrogen (secondary N) is 1. The third kappa shape index (κ3) is 4.90. The van der Waals surface area contributed by atoms with Crippen LogP contribution in [-0.2, 0) is 11.8 Å². The molecular weight excluding hydrogens is 380 g/mol. The predicted octanol–water partition coefficient (Wildman–Crippen LogP) is 4.99. The predicted molar refractivity (Wildman–Crippen MR) is 111 cm³/mol. The van der Waals surface area contributed by atoms with E-state index in [-0.39, 0.29) is 11.7 Å². The van der Waals surface area contributed by atoms with Gasteiger partial charge in [-0.3, -0.25) is 4.79 Å². The summed E-state index contributed by atoms with van der Waals surface area (Å²) in [6, 6.07) is 15.4. The highest BCUT2D eigenvalue weighted by molar-refractivity contribution is 7.99. The molecule has 0 atom stereocenters. The first-order valence-corrected chi connectivity index (χ1v) is 9.98. The summed E-state index contributed by atoms with van der Waals surface area (Å²) in [6.45, 7) is 4.28. The van der Waals surface area contributed by atoms with Gasteiger partial charge in [-0.05, 0) is 47.9 Å². The largest absolute Gasteiger partial charge is 0.325 e. The minimum atomic E-state index is -0.0756. The van der Waals surface area contributed by atoms with E-state index < -0.39 is 0 Å². The van der Waals surface area contributed by atoms with Crippen molar-refractivity contribution in [1.29, 1.82) is 0 Å². The van der Waals surface area contributed by atoms with Crippen LogP contribution in [0.4, 0.5) is 5.69 Å². The summed E-state index contributed by atoms with van der Waals surface area (Å²) in [6.07, 6.45) is 0. The van der Waals surface area contributed by atoms with Gasteiger partial charge in [0.1, 0.15) is 0 Å². The van der Waals surface area contributed by atoms with Crippen LogP contribution in [0.3, 0.4) is 0 Å². The summed E-state index contributed by atoms with van der Waals surface area (Å²) in [7, 11) is 1.88. The molecule has 0 aliphatic heterocycles. The Morgan fingerprint density at radius 2 is 1.78 bits per heavy atom. The molecule has 0 radical (unpaired) electrons. The van der Waals surface area contributed by atoms with Gasteiger partial charge in [0.15, 0.2) is 11.0 Å². The van der Waals surface area contributed by atoms with Gasteiger partial charge in [-0.15, -0.1) is 10.2 Å². The van der Waals surface area contributed by atoms with Gasteiger partial charge < -0.3 is 9.88 Å². The molecule has 0 saturated carbocycles. The lowest BCUT2D eigenvalue weighted by atomic mass is 10.0. The molecule has 1 heterocycles. The zero-order valence-electron chi connectivity index (χ0n) is 15.4. The summed E-state index contributed by atoms with van der Waals surface area (Å²) in [4.78, 5) is 12.2. The van der Waals surface area contributed by atoms with Crippen LogP contribution in [0, 0.1) is 0 Å². The Balaban J connectivity index is 1.60. The number of nitrogens with zero attached hydrogens (tertiary/aromatic N) is 3. The summed E-state index contributed by atoms with van der Waals surface area (Å²) < 4.78 is 1.87. The third-order valence-corrected chi connectivity index (χ3v) is 5.40. The first-order chi connectivity index (χ1) is 12.9. The molecule has 1 amide bonds. The van der Waals surface area contributed by atoms with E-state index >= 15 is 0 Å². The van der Waals surface area contributed by atoms with Crippen molar-refractivity contribution >= 4 is 35.0 Å². The maximum absolute atomic E-state index is 12.2. The van der Waals surface area contributed by atoms with Gasteiger partial charge in [0.05, 0.1) is 5.75 Å². The number of benzene rings is 2. The van der Waals surface area contributed by atoms with Crippen LogP contribution in [0.25, 0.3) is 11.4 Å². The van der Waals surface area contributed by atoms with Gasteiger partial charge in [-0.2, -0.15) is 0 Å². The quantitative estimate of drug-likeness (QED) is 0.592. The number of carbonyl (C=O) groups is 1. The Morgan fingerprint density at radius 1 is 1.11 bits per heavy atom. The van der Waals surface area contributed by atoms with E-state index in [2.05, 4.69) is 29.4 Å². The Hall–Kier alpha value is -2.31. The number of hydrogen-bond donors (Lipinski definition) is 1. The first kappa shape index (κ1) is 19.5. The Kier molecular flexibility index (Phi) is 6.19. The summed E-state index contributed by atoms with van der Waals surface area (Å²) in [5.41, 5.74) is 2.97. The molecule has 2 aromatic carbocycles. The number of carbonyl (C=O) groups excluding carboxylic acids is 1. The van der Waals surface area contributed by atoms with Crippen molar-refractivity contribution < 1.29 is 4.79 Å². The molecule has 27 heavy (non-hydrogen) atoms. The molecule has 0 fully saturated rings. The number of thioether (sulfide) groups is 1. The van der Waals surface area contributed by atoms with Crippen molar-refractivity contribution in [2.24, 2.45) is 7.05 Å². The fourth-order valence-corrected chi connectivity index (χ4v) is 3.41. The van der Waals surface area contributed by atoms with Crippen LogP contribution in [0.2, 0.25) is 5.02 Å². The average molecular weight is 401 g/mol. The van der Waals surface area contributed by atoms with E-state index in [0.717, 1.165) is 17.1 Å². The summed E-state index contributed by atoms with van der Waals surface area (Å²) in [5, 5.41) is 12.7. The van der Waals surface area contributed by atoms with Gasteiger partial charge in [0, 0.05) is 23.3 Å². The van der Waals surface area contributed by atoms with Gasteiger partial charge in [0.2, 0.25) is 5.91 Å². The fourth-order valence-electron chi connectivity index (χ4n) is 2.57.